The van der Waals surface area contributed by atoms with Crippen molar-refractivity contribution < 1.29 is 14.3 Å². The number of carbonyl (C=O) groups is 2. The lowest BCUT2D eigenvalue weighted by Gasteiger charge is -2.34. The van der Waals surface area contributed by atoms with Crippen LogP contribution in [0.15, 0.2) is 29.3 Å². The van der Waals surface area contributed by atoms with Crippen LogP contribution in [0.4, 0.5) is 10.5 Å². The lowest BCUT2D eigenvalue weighted by molar-refractivity contribution is -0.118. The largest absolute Gasteiger partial charge is 0.444 e. The molecular weight excluding hydrogens is 308 g/mol. The Balaban J connectivity index is 1.88. The number of anilines is 1. The lowest BCUT2D eigenvalue weighted by atomic mass is 10.1. The number of para-hydroxylation sites is 1. The summed E-state index contributed by atoms with van der Waals surface area (Å²) < 4.78 is 5.23. The van der Waals surface area contributed by atoms with Gasteiger partial charge in [0.05, 0.1) is 5.69 Å². The van der Waals surface area contributed by atoms with E-state index in [1.165, 1.54) is 0 Å². The summed E-state index contributed by atoms with van der Waals surface area (Å²) in [6.45, 7) is 7.08. The van der Waals surface area contributed by atoms with Crippen LogP contribution in [0.25, 0.3) is 0 Å². The van der Waals surface area contributed by atoms with Crippen LogP contribution in [0.2, 0.25) is 0 Å². The van der Waals surface area contributed by atoms with Crippen LogP contribution in [-0.4, -0.2) is 47.6 Å². The minimum Gasteiger partial charge on any atom is -0.444 e. The van der Waals surface area contributed by atoms with E-state index < -0.39 is 17.9 Å². The minimum absolute atomic E-state index is 0.385. The number of ether oxygens (including phenoxy) is 1. The first-order valence-corrected chi connectivity index (χ1v) is 8.06. The second-order valence-electron chi connectivity index (χ2n) is 6.88. The minimum atomic E-state index is -1.03. The maximum Gasteiger partial charge on any atom is 0.409 e. The van der Waals surface area contributed by atoms with Crippen molar-refractivity contribution in [1.29, 1.82) is 0 Å². The smallest absolute Gasteiger partial charge is 0.409 e. The molecule has 2 amide bonds. The second-order valence-corrected chi connectivity index (χ2v) is 6.88. The average Bonchev–Trinajstić information content (AvgIpc) is 2.54. The Hall–Kier alpha value is -2.57. The standard InChI is InChI=1S/C17H22N4O3/c1-17(2,3)24-16(23)20-13-15(22)18-12-8-5-4-7-11(12)14(19-13)21-9-6-10-21/h4-5,7-8,13H,6,9-10H2,1-3H3,(H,18,22)(H,20,23). The molecule has 2 N–H and O–H groups in total. The molecule has 7 nitrogen and oxygen atoms in total. The average molecular weight is 330 g/mol. The van der Waals surface area contributed by atoms with Gasteiger partial charge in [0.25, 0.3) is 5.91 Å². The van der Waals surface area contributed by atoms with Crippen molar-refractivity contribution >= 4 is 23.5 Å². The summed E-state index contributed by atoms with van der Waals surface area (Å²) in [7, 11) is 0. The summed E-state index contributed by atoms with van der Waals surface area (Å²) in [5.74, 6) is 0.333. The number of amidine groups is 1. The first-order chi connectivity index (χ1) is 11.3. The van der Waals surface area contributed by atoms with Gasteiger partial charge in [0.2, 0.25) is 6.17 Å². The molecule has 128 valence electrons. The van der Waals surface area contributed by atoms with Gasteiger partial charge < -0.3 is 15.0 Å². The summed E-state index contributed by atoms with van der Waals surface area (Å²) in [6, 6.07) is 7.51. The predicted molar refractivity (Wildman–Crippen MR) is 91.0 cm³/mol. The number of amides is 2. The number of hydrogen-bond donors (Lipinski definition) is 2. The van der Waals surface area contributed by atoms with E-state index in [1.807, 2.05) is 24.3 Å². The molecule has 0 aliphatic carbocycles. The summed E-state index contributed by atoms with van der Waals surface area (Å²) in [6.07, 6.45) is -0.602. The highest BCUT2D eigenvalue weighted by molar-refractivity contribution is 6.11. The molecule has 0 saturated carbocycles. The normalized spacial score (nSPS) is 20.1. The predicted octanol–water partition coefficient (Wildman–Crippen LogP) is 1.94. The fraction of sp³-hybridized carbons (Fsp3) is 0.471. The van der Waals surface area contributed by atoms with E-state index in [1.54, 1.807) is 20.8 Å². The third kappa shape index (κ3) is 3.50. The molecule has 2 aliphatic heterocycles. The maximum atomic E-state index is 12.4. The van der Waals surface area contributed by atoms with Crippen molar-refractivity contribution in [2.75, 3.05) is 18.4 Å². The van der Waals surface area contributed by atoms with Crippen molar-refractivity contribution in [3.05, 3.63) is 29.8 Å². The monoisotopic (exact) mass is 330 g/mol. The van der Waals surface area contributed by atoms with Gasteiger partial charge in [-0.1, -0.05) is 12.1 Å². The van der Waals surface area contributed by atoms with Gasteiger partial charge in [-0.2, -0.15) is 0 Å². The SMILES string of the molecule is CC(C)(C)OC(=O)NC1N=C(N2CCC2)c2ccccc2NC1=O. The molecule has 24 heavy (non-hydrogen) atoms. The van der Waals surface area contributed by atoms with Gasteiger partial charge in [-0.3, -0.25) is 10.1 Å². The van der Waals surface area contributed by atoms with Crippen molar-refractivity contribution in [3.63, 3.8) is 0 Å². The van der Waals surface area contributed by atoms with E-state index in [-0.39, 0.29) is 5.91 Å². The third-order valence-corrected chi connectivity index (χ3v) is 3.73. The zero-order chi connectivity index (χ0) is 17.3. The van der Waals surface area contributed by atoms with Gasteiger partial charge in [-0.05, 0) is 39.3 Å². The van der Waals surface area contributed by atoms with Crippen LogP contribution in [0.1, 0.15) is 32.8 Å². The van der Waals surface area contributed by atoms with Gasteiger partial charge in [-0.15, -0.1) is 0 Å². The summed E-state index contributed by atoms with van der Waals surface area (Å²) in [5.41, 5.74) is 0.916. The number of likely N-dealkylation sites (tertiary alicyclic amines) is 1. The Bertz CT molecular complexity index is 689. The van der Waals surface area contributed by atoms with Gasteiger partial charge in [-0.25, -0.2) is 9.79 Å². The summed E-state index contributed by atoms with van der Waals surface area (Å²) in [4.78, 5) is 31.1. The number of nitrogens with one attached hydrogen (secondary N) is 2. The number of aliphatic imine (C=N–C) groups is 1. The lowest BCUT2D eigenvalue weighted by Crippen LogP contribution is -2.47. The van der Waals surface area contributed by atoms with Crippen molar-refractivity contribution in [1.82, 2.24) is 10.2 Å². The number of nitrogens with zero attached hydrogens (tertiary/aromatic N) is 2. The fourth-order valence-electron chi connectivity index (χ4n) is 2.54. The second kappa shape index (κ2) is 6.14. The van der Waals surface area contributed by atoms with Crippen molar-refractivity contribution in [3.8, 4) is 0 Å². The molecule has 0 aromatic heterocycles. The summed E-state index contributed by atoms with van der Waals surface area (Å²) >= 11 is 0. The highest BCUT2D eigenvalue weighted by Gasteiger charge is 2.31. The Morgan fingerprint density at radius 2 is 2.04 bits per heavy atom. The van der Waals surface area contributed by atoms with Gasteiger partial charge in [0.1, 0.15) is 11.4 Å². The number of benzodiazepines with no additional fused rings is 1. The third-order valence-electron chi connectivity index (χ3n) is 3.73. The zero-order valence-corrected chi connectivity index (χ0v) is 14.1. The first-order valence-electron chi connectivity index (χ1n) is 8.06. The molecule has 1 saturated heterocycles. The van der Waals surface area contributed by atoms with Crippen LogP contribution in [0.3, 0.4) is 0 Å². The molecule has 0 spiro atoms. The molecule has 0 radical (unpaired) electrons. The molecule has 2 heterocycles. The molecule has 1 fully saturated rings. The molecular formula is C17H22N4O3. The van der Waals surface area contributed by atoms with Gasteiger partial charge in [0, 0.05) is 18.7 Å². The molecule has 2 aliphatic rings. The number of hydrogen-bond acceptors (Lipinski definition) is 5. The van der Waals surface area contributed by atoms with Crippen LogP contribution in [0.5, 0.6) is 0 Å². The highest BCUT2D eigenvalue weighted by Crippen LogP contribution is 2.24. The van der Waals surface area contributed by atoms with Gasteiger partial charge >= 0.3 is 6.09 Å². The van der Waals surface area contributed by atoms with Crippen LogP contribution in [-0.2, 0) is 9.53 Å². The van der Waals surface area contributed by atoms with E-state index in [0.717, 1.165) is 30.9 Å². The molecule has 1 aromatic rings. The highest BCUT2D eigenvalue weighted by atomic mass is 16.6. The quantitative estimate of drug-likeness (QED) is 0.824. The van der Waals surface area contributed by atoms with E-state index in [9.17, 15) is 9.59 Å². The Morgan fingerprint density at radius 1 is 1.33 bits per heavy atom. The van der Waals surface area contributed by atoms with Crippen LogP contribution in [0, 0.1) is 0 Å². The van der Waals surface area contributed by atoms with Crippen molar-refractivity contribution in [2.24, 2.45) is 4.99 Å². The number of fused-ring (bicyclic) bond motifs is 1. The van der Waals surface area contributed by atoms with E-state index >= 15 is 0 Å². The Kier molecular flexibility index (Phi) is 4.17. The summed E-state index contributed by atoms with van der Waals surface area (Å²) in [5, 5.41) is 5.37. The molecule has 0 bridgehead atoms. The number of alkyl carbamates (subject to hydrolysis) is 1. The Labute approximate surface area is 141 Å². The van der Waals surface area contributed by atoms with Crippen LogP contribution < -0.4 is 10.6 Å². The zero-order valence-electron chi connectivity index (χ0n) is 14.1. The van der Waals surface area contributed by atoms with Gasteiger partial charge in [0.15, 0.2) is 0 Å². The molecule has 1 unspecified atom stereocenters. The topological polar surface area (TPSA) is 83.0 Å². The Morgan fingerprint density at radius 3 is 2.67 bits per heavy atom. The van der Waals surface area contributed by atoms with E-state index in [2.05, 4.69) is 20.5 Å². The van der Waals surface area contributed by atoms with Crippen molar-refractivity contribution in [2.45, 2.75) is 39.0 Å². The van der Waals surface area contributed by atoms with E-state index in [0.29, 0.717) is 5.69 Å². The first kappa shape index (κ1) is 16.3. The number of benzene rings is 1. The number of rotatable bonds is 1. The van der Waals surface area contributed by atoms with E-state index in [4.69, 9.17) is 4.74 Å². The maximum absolute atomic E-state index is 12.4. The molecule has 7 heteroatoms. The number of carbonyl (C=O) groups excluding carboxylic acids is 2. The molecule has 1 aromatic carbocycles. The fourth-order valence-corrected chi connectivity index (χ4v) is 2.54. The molecule has 1 atom stereocenters. The molecule has 3 rings (SSSR count). The van der Waals surface area contributed by atoms with Crippen LogP contribution >= 0.6 is 0 Å².